The Kier molecular flexibility index (Phi) is 39.8. The van der Waals surface area contributed by atoms with Crippen LogP contribution >= 0.6 is 0 Å². The zero-order valence-corrected chi connectivity index (χ0v) is 61.8. The minimum absolute atomic E-state index is 0.00976. The van der Waals surface area contributed by atoms with Crippen LogP contribution in [0.3, 0.4) is 0 Å². The van der Waals surface area contributed by atoms with Crippen LogP contribution in [0.5, 0.6) is 0 Å². The van der Waals surface area contributed by atoms with Gasteiger partial charge >= 0.3 is 35.8 Å². The number of ether oxygens (including phenoxy) is 12. The largest absolute Gasteiger partial charge is 0.461 e. The maximum absolute atomic E-state index is 13.3. The third-order valence-corrected chi connectivity index (χ3v) is 14.0. The molecule has 22 nitrogen and oxygen atoms in total. The van der Waals surface area contributed by atoms with Gasteiger partial charge in [-0.25, -0.2) is 0 Å². The monoisotopic (exact) mass is 1320 g/mol. The molecule has 0 radical (unpaired) electrons. The molecule has 0 saturated carbocycles. The second kappa shape index (κ2) is 41.7. The Labute approximate surface area is 554 Å². The molecule has 0 N–H and O–H groups in total. The van der Waals surface area contributed by atoms with E-state index >= 15 is 0 Å². The van der Waals surface area contributed by atoms with E-state index in [0.29, 0.717) is 52.4 Å². The molecule has 0 amide bonds. The summed E-state index contributed by atoms with van der Waals surface area (Å²) in [5, 5.41) is 0. The molecule has 0 aliphatic carbocycles. The normalized spacial score (nSPS) is 14.3. The molecule has 0 spiro atoms. The van der Waals surface area contributed by atoms with Crippen molar-refractivity contribution in [3.8, 4) is 0 Å². The fraction of sp³-hybridized carbons (Fsp3) is 0.886. The summed E-state index contributed by atoms with van der Waals surface area (Å²) in [6, 6.07) is 0. The topological polar surface area (TPSA) is 254 Å². The van der Waals surface area contributed by atoms with Gasteiger partial charge in [-0.15, -0.1) is 0 Å². The summed E-state index contributed by atoms with van der Waals surface area (Å²) < 4.78 is 69.7. The molecular weight excluding hydrogens is 1190 g/mol. The maximum Gasteiger partial charge on any atom is 0.306 e. The Morgan fingerprint density at radius 3 is 0.761 bits per heavy atom. The van der Waals surface area contributed by atoms with Crippen molar-refractivity contribution in [2.45, 2.75) is 325 Å². The van der Waals surface area contributed by atoms with Crippen molar-refractivity contribution >= 4 is 47.4 Å². The molecule has 22 heteroatoms. The predicted octanol–water partition coefficient (Wildman–Crippen LogP) is 11.4. The highest BCUT2D eigenvalue weighted by molar-refractivity contribution is 5.87. The second-order valence-electron chi connectivity index (χ2n) is 30.5. The number of nitrogens with zero attached hydrogens (tertiary/aromatic N) is 2. The minimum atomic E-state index is -1.08. The van der Waals surface area contributed by atoms with Crippen LogP contribution in [0, 0.1) is 0 Å². The fourth-order valence-corrected chi connectivity index (χ4v) is 9.15. The van der Waals surface area contributed by atoms with E-state index in [-0.39, 0.29) is 150 Å². The molecule has 92 heavy (non-hydrogen) atoms. The van der Waals surface area contributed by atoms with Crippen molar-refractivity contribution in [3.63, 3.8) is 0 Å². The molecule has 4 unspecified atom stereocenters. The van der Waals surface area contributed by atoms with Gasteiger partial charge in [0.1, 0.15) is 46.8 Å². The highest BCUT2D eigenvalue weighted by atomic mass is 16.6. The quantitative estimate of drug-likeness (QED) is 0.0312. The van der Waals surface area contributed by atoms with E-state index in [2.05, 4.69) is 0 Å². The number of hydrogen-bond donors (Lipinski definition) is 0. The molecule has 0 fully saturated rings. The number of carbonyl (C=O) groups is 8. The van der Waals surface area contributed by atoms with Crippen LogP contribution in [0.2, 0.25) is 0 Å². The van der Waals surface area contributed by atoms with Gasteiger partial charge in [0, 0.05) is 103 Å². The number of rotatable bonds is 49. The predicted molar refractivity (Wildman–Crippen MR) is 353 cm³/mol. The van der Waals surface area contributed by atoms with Crippen LogP contribution in [0.4, 0.5) is 0 Å². The van der Waals surface area contributed by atoms with E-state index < -0.39 is 82.6 Å². The van der Waals surface area contributed by atoms with E-state index in [0.717, 1.165) is 0 Å². The summed E-state index contributed by atoms with van der Waals surface area (Å²) in [6.45, 7) is 47.7. The Hall–Kier alpha value is -4.16. The minimum Gasteiger partial charge on any atom is -0.461 e. The molecule has 0 rings (SSSR count). The van der Waals surface area contributed by atoms with Gasteiger partial charge in [-0.2, -0.15) is 0 Å². The van der Waals surface area contributed by atoms with E-state index in [1.54, 1.807) is 55.4 Å². The summed E-state index contributed by atoms with van der Waals surface area (Å²) in [4.78, 5) is 109. The first-order valence-electron chi connectivity index (χ1n) is 33.5. The van der Waals surface area contributed by atoms with Gasteiger partial charge < -0.3 is 56.8 Å². The maximum atomic E-state index is 13.3. The van der Waals surface area contributed by atoms with Crippen molar-refractivity contribution in [2.75, 3.05) is 78.9 Å². The van der Waals surface area contributed by atoms with Gasteiger partial charge in [0.15, 0.2) is 11.6 Å². The van der Waals surface area contributed by atoms with Gasteiger partial charge in [0.25, 0.3) is 0 Å². The van der Waals surface area contributed by atoms with E-state index in [9.17, 15) is 38.4 Å². The molecule has 0 aromatic rings. The van der Waals surface area contributed by atoms with Crippen LogP contribution in [0.15, 0.2) is 0 Å². The SMILES string of the molecule is CC(CN(CCN(CC(C)OC(=O)CCCC(=O)C(C)(C)OCCOC(C)(C)C)CC(C)OC(=O)CCCC(=O)C(C)(C)OCCOC(C)(C)C)CC(C)OC(=O)CCCC(=O)OC(C)(C)CCOC(C)(C)C)OC(=O)CCCC(=O)OC(C)(C)CCOC(C)(C)C. The summed E-state index contributed by atoms with van der Waals surface area (Å²) in [5.41, 5.74) is -5.04. The van der Waals surface area contributed by atoms with Gasteiger partial charge in [0.2, 0.25) is 0 Å². The van der Waals surface area contributed by atoms with E-state index in [1.165, 1.54) is 0 Å². The van der Waals surface area contributed by atoms with E-state index in [1.807, 2.05) is 121 Å². The fourth-order valence-electron chi connectivity index (χ4n) is 9.15. The lowest BCUT2D eigenvalue weighted by molar-refractivity contribution is -0.160. The smallest absolute Gasteiger partial charge is 0.306 e. The first-order chi connectivity index (χ1) is 42.0. The van der Waals surface area contributed by atoms with Gasteiger partial charge in [-0.3, -0.25) is 48.2 Å². The molecule has 0 bridgehead atoms. The summed E-state index contributed by atoms with van der Waals surface area (Å²) in [7, 11) is 0. The van der Waals surface area contributed by atoms with Crippen molar-refractivity contribution in [2.24, 2.45) is 0 Å². The third kappa shape index (κ3) is 48.5. The molecule has 0 aliphatic heterocycles. The van der Waals surface area contributed by atoms with Crippen LogP contribution in [0.25, 0.3) is 0 Å². The zero-order valence-electron chi connectivity index (χ0n) is 61.8. The van der Waals surface area contributed by atoms with Crippen LogP contribution in [-0.4, -0.2) is 205 Å². The third-order valence-electron chi connectivity index (χ3n) is 14.0. The zero-order chi connectivity index (χ0) is 71.0. The lowest BCUT2D eigenvalue weighted by Gasteiger charge is -2.33. The number of Topliss-reactive ketones (excluding diaryl/α,β-unsaturated/α-hetero) is 2. The van der Waals surface area contributed by atoms with Crippen LogP contribution < -0.4 is 0 Å². The molecule has 0 aromatic carbocycles. The Morgan fingerprint density at radius 2 is 0.511 bits per heavy atom. The highest BCUT2D eigenvalue weighted by Crippen LogP contribution is 2.23. The van der Waals surface area contributed by atoms with Gasteiger partial charge in [-0.05, 0) is 192 Å². The highest BCUT2D eigenvalue weighted by Gasteiger charge is 2.32. The summed E-state index contributed by atoms with van der Waals surface area (Å²) in [6.07, 6.45) is -0.658. The molecule has 0 aliphatic rings. The number of carbonyl (C=O) groups excluding carboxylic acids is 8. The van der Waals surface area contributed by atoms with Crippen molar-refractivity contribution < 1.29 is 95.2 Å². The molecule has 0 aromatic heterocycles. The molecule has 0 heterocycles. The van der Waals surface area contributed by atoms with Gasteiger partial charge in [0.05, 0.1) is 62.0 Å². The molecule has 538 valence electrons. The first kappa shape index (κ1) is 87.8. The molecule has 0 saturated heterocycles. The summed E-state index contributed by atoms with van der Waals surface area (Å²) in [5.74, 6) is -3.21. The van der Waals surface area contributed by atoms with E-state index in [4.69, 9.17) is 56.8 Å². The number of hydrogen-bond acceptors (Lipinski definition) is 22. The molecular formula is C70H128N2O20. The van der Waals surface area contributed by atoms with Crippen molar-refractivity contribution in [1.29, 1.82) is 0 Å². The average Bonchev–Trinajstić information content (AvgIpc) is 0.995. The second-order valence-corrected chi connectivity index (χ2v) is 30.5. The van der Waals surface area contributed by atoms with Gasteiger partial charge in [-0.1, -0.05) is 0 Å². The lowest BCUT2D eigenvalue weighted by Crippen LogP contribution is -2.46. The Bertz CT molecular complexity index is 2050. The first-order valence-corrected chi connectivity index (χ1v) is 33.5. The molecule has 4 atom stereocenters. The Morgan fingerprint density at radius 1 is 0.293 bits per heavy atom. The summed E-state index contributed by atoms with van der Waals surface area (Å²) >= 11 is 0. The lowest BCUT2D eigenvalue weighted by atomic mass is 9.98. The number of ketones is 2. The van der Waals surface area contributed by atoms with Crippen molar-refractivity contribution in [1.82, 2.24) is 9.80 Å². The van der Waals surface area contributed by atoms with Crippen LogP contribution in [0.1, 0.15) is 256 Å². The number of esters is 6. The standard InChI is InChI=1S/C70H128N2O20/c1-51(87-57(75)31-25-29-55(73)69(21,22)85-45-43-83-65(11,12)13)47-71(48-52(2)88-58(76)32-26-30-56(74)70(23,24)86-46-44-84-66(14,15)16)39-40-72(49-53(3)89-59(77)33-27-35-61(79)91-67(17,18)37-41-81-63(5,6)7)50-54(4)90-60(78)34-28-36-62(80)92-68(19,20)38-42-82-64(8,9)10/h51-54H,25-50H2,1-24H3. The van der Waals surface area contributed by atoms with Crippen LogP contribution in [-0.2, 0) is 95.2 Å². The average molecular weight is 1320 g/mol. The van der Waals surface area contributed by atoms with Crippen molar-refractivity contribution in [3.05, 3.63) is 0 Å². The Balaban J connectivity index is 6.41.